The van der Waals surface area contributed by atoms with Crippen LogP contribution in [0.1, 0.15) is 71.1 Å². The first-order chi connectivity index (χ1) is 10.8. The molecule has 1 N–H and O–H groups in total. The van der Waals surface area contributed by atoms with Crippen molar-refractivity contribution in [2.45, 2.75) is 71.1 Å². The molecule has 0 heterocycles. The molecular weight excluding hydrogens is 272 g/mol. The molecule has 0 saturated carbocycles. The summed E-state index contributed by atoms with van der Waals surface area (Å²) in [6, 6.07) is 0. The largest absolute Gasteiger partial charge is 0.478 e. The summed E-state index contributed by atoms with van der Waals surface area (Å²) in [5, 5.41) is 8.39. The van der Waals surface area contributed by atoms with Gasteiger partial charge in [0.2, 0.25) is 0 Å². The van der Waals surface area contributed by atoms with Crippen LogP contribution < -0.4 is 0 Å². The average molecular weight is 304 g/mol. The van der Waals surface area contributed by atoms with E-state index in [-0.39, 0.29) is 0 Å². The summed E-state index contributed by atoms with van der Waals surface area (Å²) in [6.07, 6.45) is 27.7. The summed E-state index contributed by atoms with van der Waals surface area (Å²) in [4.78, 5) is 10.2. The molecule has 0 aromatic heterocycles. The zero-order chi connectivity index (χ0) is 16.3. The summed E-state index contributed by atoms with van der Waals surface area (Å²) < 4.78 is 0. The Labute approximate surface area is 136 Å². The van der Waals surface area contributed by atoms with Crippen molar-refractivity contribution in [3.8, 4) is 0 Å². The zero-order valence-electron chi connectivity index (χ0n) is 14.0. The van der Waals surface area contributed by atoms with Crippen molar-refractivity contribution in [1.82, 2.24) is 0 Å². The molecule has 0 atom stereocenters. The monoisotopic (exact) mass is 304 g/mol. The van der Waals surface area contributed by atoms with Crippen molar-refractivity contribution < 1.29 is 9.90 Å². The van der Waals surface area contributed by atoms with E-state index in [0.717, 1.165) is 12.5 Å². The van der Waals surface area contributed by atoms with Gasteiger partial charge in [0.05, 0.1) is 0 Å². The molecule has 0 aromatic carbocycles. The minimum atomic E-state index is -0.922. The number of allylic oxidation sites excluding steroid dienone is 7. The second-order valence-electron chi connectivity index (χ2n) is 5.51. The average Bonchev–Trinajstić information content (AvgIpc) is 2.50. The Morgan fingerprint density at radius 2 is 1.23 bits per heavy atom. The molecule has 0 unspecified atom stereocenters. The first-order valence-electron chi connectivity index (χ1n) is 8.67. The van der Waals surface area contributed by atoms with Gasteiger partial charge in [0.1, 0.15) is 0 Å². The van der Waals surface area contributed by atoms with Gasteiger partial charge in [-0.05, 0) is 12.8 Å². The van der Waals surface area contributed by atoms with Crippen LogP contribution >= 0.6 is 0 Å². The number of carboxylic acids is 1. The standard InChI is InChI=1S/C20H32O2/c1-2-3-4-5-6-7-8-9-10-11-12-13-14-15-16-17-18-19-20(21)22/h12-19H,2-11H2,1H3,(H,21,22)/b13-12?,15-14?,17-16?,19-18-. The van der Waals surface area contributed by atoms with E-state index in [1.807, 2.05) is 18.2 Å². The highest BCUT2D eigenvalue weighted by molar-refractivity contribution is 5.80. The van der Waals surface area contributed by atoms with Gasteiger partial charge >= 0.3 is 5.97 Å². The molecule has 124 valence electrons. The third kappa shape index (κ3) is 18.4. The van der Waals surface area contributed by atoms with Crippen LogP contribution in [0.15, 0.2) is 48.6 Å². The Bertz CT molecular complexity index is 362. The number of carboxylic acid groups (broad SMARTS) is 1. The summed E-state index contributed by atoms with van der Waals surface area (Å²) in [6.45, 7) is 2.26. The summed E-state index contributed by atoms with van der Waals surface area (Å²) >= 11 is 0. The van der Waals surface area contributed by atoms with Gasteiger partial charge < -0.3 is 5.11 Å². The predicted molar refractivity (Wildman–Crippen MR) is 96.0 cm³/mol. The normalized spacial score (nSPS) is 12.4. The zero-order valence-corrected chi connectivity index (χ0v) is 14.0. The van der Waals surface area contributed by atoms with E-state index < -0.39 is 5.97 Å². The molecule has 0 rings (SSSR count). The van der Waals surface area contributed by atoms with E-state index in [9.17, 15) is 4.79 Å². The molecule has 0 amide bonds. The molecule has 0 aliphatic heterocycles. The van der Waals surface area contributed by atoms with E-state index >= 15 is 0 Å². The maximum atomic E-state index is 10.2. The Hall–Kier alpha value is -1.57. The van der Waals surface area contributed by atoms with Gasteiger partial charge in [0.15, 0.2) is 0 Å². The summed E-state index contributed by atoms with van der Waals surface area (Å²) in [5.74, 6) is -0.922. The lowest BCUT2D eigenvalue weighted by Gasteiger charge is -2.00. The smallest absolute Gasteiger partial charge is 0.328 e. The number of unbranched alkanes of at least 4 members (excludes halogenated alkanes) is 9. The molecule has 0 spiro atoms. The quantitative estimate of drug-likeness (QED) is 0.235. The second-order valence-corrected chi connectivity index (χ2v) is 5.51. The summed E-state index contributed by atoms with van der Waals surface area (Å²) in [5.41, 5.74) is 0. The van der Waals surface area contributed by atoms with E-state index in [2.05, 4.69) is 19.1 Å². The number of hydrogen-bond acceptors (Lipinski definition) is 1. The number of rotatable bonds is 14. The number of carbonyl (C=O) groups is 1. The minimum Gasteiger partial charge on any atom is -0.478 e. The SMILES string of the molecule is CCCCCCCCCCCC=CC=CC=C/C=C\C(=O)O. The number of aliphatic carboxylic acids is 1. The van der Waals surface area contributed by atoms with Crippen molar-refractivity contribution in [1.29, 1.82) is 0 Å². The van der Waals surface area contributed by atoms with E-state index in [4.69, 9.17) is 5.11 Å². The molecule has 0 bridgehead atoms. The molecule has 2 heteroatoms. The van der Waals surface area contributed by atoms with Crippen LogP contribution in [0.4, 0.5) is 0 Å². The van der Waals surface area contributed by atoms with Gasteiger partial charge in [-0.1, -0.05) is 101 Å². The Kier molecular flexibility index (Phi) is 16.2. The van der Waals surface area contributed by atoms with Crippen LogP contribution in [0.3, 0.4) is 0 Å². The van der Waals surface area contributed by atoms with Gasteiger partial charge in [-0.3, -0.25) is 0 Å². The molecule has 0 fully saturated rings. The van der Waals surface area contributed by atoms with Crippen molar-refractivity contribution in [3.05, 3.63) is 48.6 Å². The van der Waals surface area contributed by atoms with Crippen molar-refractivity contribution in [3.63, 3.8) is 0 Å². The topological polar surface area (TPSA) is 37.3 Å². The van der Waals surface area contributed by atoms with Crippen LogP contribution in [-0.2, 0) is 4.79 Å². The Balaban J connectivity index is 3.35. The highest BCUT2D eigenvalue weighted by Gasteiger charge is 1.90. The van der Waals surface area contributed by atoms with Crippen LogP contribution in [-0.4, -0.2) is 11.1 Å². The molecule has 0 aromatic rings. The fourth-order valence-corrected chi connectivity index (χ4v) is 2.14. The lowest BCUT2D eigenvalue weighted by Crippen LogP contribution is -1.84. The third-order valence-corrected chi connectivity index (χ3v) is 3.40. The number of hydrogen-bond donors (Lipinski definition) is 1. The predicted octanol–water partition coefficient (Wildman–Crippen LogP) is 6.22. The molecule has 22 heavy (non-hydrogen) atoms. The first kappa shape index (κ1) is 20.4. The third-order valence-electron chi connectivity index (χ3n) is 3.40. The van der Waals surface area contributed by atoms with Gasteiger partial charge in [0.25, 0.3) is 0 Å². The van der Waals surface area contributed by atoms with Crippen LogP contribution in [0.2, 0.25) is 0 Å². The molecule has 0 aliphatic carbocycles. The molecule has 2 nitrogen and oxygen atoms in total. The highest BCUT2D eigenvalue weighted by atomic mass is 16.4. The van der Waals surface area contributed by atoms with Crippen molar-refractivity contribution >= 4 is 5.97 Å². The van der Waals surface area contributed by atoms with Gasteiger partial charge in [-0.15, -0.1) is 0 Å². The molecule has 0 aliphatic rings. The van der Waals surface area contributed by atoms with Gasteiger partial charge in [-0.25, -0.2) is 4.79 Å². The Morgan fingerprint density at radius 3 is 1.82 bits per heavy atom. The maximum absolute atomic E-state index is 10.2. The fraction of sp³-hybridized carbons (Fsp3) is 0.550. The first-order valence-corrected chi connectivity index (χ1v) is 8.67. The summed E-state index contributed by atoms with van der Waals surface area (Å²) in [7, 11) is 0. The van der Waals surface area contributed by atoms with E-state index in [0.29, 0.717) is 0 Å². The van der Waals surface area contributed by atoms with E-state index in [1.165, 1.54) is 63.9 Å². The van der Waals surface area contributed by atoms with E-state index in [1.54, 1.807) is 6.08 Å². The molecular formula is C20H32O2. The fourth-order valence-electron chi connectivity index (χ4n) is 2.14. The second kappa shape index (κ2) is 17.5. The van der Waals surface area contributed by atoms with Crippen molar-refractivity contribution in [2.24, 2.45) is 0 Å². The Morgan fingerprint density at radius 1 is 0.727 bits per heavy atom. The van der Waals surface area contributed by atoms with Gasteiger partial charge in [-0.2, -0.15) is 0 Å². The van der Waals surface area contributed by atoms with Crippen LogP contribution in [0, 0.1) is 0 Å². The lowest BCUT2D eigenvalue weighted by molar-refractivity contribution is -0.131. The van der Waals surface area contributed by atoms with Crippen LogP contribution in [0.25, 0.3) is 0 Å². The highest BCUT2D eigenvalue weighted by Crippen LogP contribution is 2.10. The molecule has 0 saturated heterocycles. The van der Waals surface area contributed by atoms with Crippen molar-refractivity contribution in [2.75, 3.05) is 0 Å². The van der Waals surface area contributed by atoms with Gasteiger partial charge in [0, 0.05) is 6.08 Å². The lowest BCUT2D eigenvalue weighted by atomic mass is 10.1. The maximum Gasteiger partial charge on any atom is 0.328 e. The van der Waals surface area contributed by atoms with Crippen LogP contribution in [0.5, 0.6) is 0 Å². The minimum absolute atomic E-state index is 0.922. The molecule has 0 radical (unpaired) electrons.